The molecule has 0 aliphatic rings. The van der Waals surface area contributed by atoms with E-state index in [-0.39, 0.29) is 24.9 Å². The monoisotopic (exact) mass is 281 g/mol. The topological polar surface area (TPSA) is 61.7 Å². The van der Waals surface area contributed by atoms with Gasteiger partial charge in [-0.3, -0.25) is 0 Å². The lowest BCUT2D eigenvalue weighted by Gasteiger charge is -2.26. The third-order valence-electron chi connectivity index (χ3n) is 3.24. The summed E-state index contributed by atoms with van der Waals surface area (Å²) in [4.78, 5) is 0. The van der Waals surface area contributed by atoms with E-state index in [9.17, 15) is 5.11 Å². The molecule has 0 saturated heterocycles. The molecule has 1 aromatic carbocycles. The van der Waals surface area contributed by atoms with Crippen molar-refractivity contribution in [2.75, 3.05) is 19.8 Å². The summed E-state index contributed by atoms with van der Waals surface area (Å²) in [7, 11) is 0. The summed E-state index contributed by atoms with van der Waals surface area (Å²) in [6.45, 7) is 6.55. The Morgan fingerprint density at radius 1 is 1.25 bits per heavy atom. The molecule has 114 valence electrons. The summed E-state index contributed by atoms with van der Waals surface area (Å²) in [5.74, 6) is 0. The number of aliphatic hydroxyl groups is 2. The molecule has 1 aromatic rings. The Balaban J connectivity index is 2.37. The first-order valence-electron chi connectivity index (χ1n) is 7.19. The van der Waals surface area contributed by atoms with Crippen molar-refractivity contribution in [1.29, 1.82) is 0 Å². The van der Waals surface area contributed by atoms with E-state index in [2.05, 4.69) is 12.2 Å². The van der Waals surface area contributed by atoms with Crippen LogP contribution in [0, 0.1) is 0 Å². The van der Waals surface area contributed by atoms with Crippen LogP contribution in [0.2, 0.25) is 0 Å². The molecule has 0 radical (unpaired) electrons. The highest BCUT2D eigenvalue weighted by molar-refractivity contribution is 5.17. The maximum absolute atomic E-state index is 9.93. The van der Waals surface area contributed by atoms with E-state index in [1.54, 1.807) is 0 Å². The van der Waals surface area contributed by atoms with Crippen LogP contribution in [0.15, 0.2) is 30.3 Å². The molecule has 0 bridgehead atoms. The normalized spacial score (nSPS) is 15.1. The molecule has 0 unspecified atom stereocenters. The Morgan fingerprint density at radius 2 is 1.90 bits per heavy atom. The van der Waals surface area contributed by atoms with Gasteiger partial charge in [-0.25, -0.2) is 0 Å². The van der Waals surface area contributed by atoms with Crippen molar-refractivity contribution in [2.24, 2.45) is 0 Å². The van der Waals surface area contributed by atoms with Crippen LogP contribution in [-0.2, 0) is 4.74 Å². The zero-order valence-electron chi connectivity index (χ0n) is 12.7. The first-order valence-corrected chi connectivity index (χ1v) is 7.19. The lowest BCUT2D eigenvalue weighted by atomic mass is 10.1. The molecule has 0 saturated carbocycles. The molecule has 0 aliphatic carbocycles. The summed E-state index contributed by atoms with van der Waals surface area (Å²) in [5, 5.41) is 22.2. The lowest BCUT2D eigenvalue weighted by molar-refractivity contribution is -0.0142. The molecule has 20 heavy (non-hydrogen) atoms. The summed E-state index contributed by atoms with van der Waals surface area (Å²) in [6, 6.07) is 10.0. The Labute approximate surface area is 121 Å². The number of rotatable bonds is 9. The van der Waals surface area contributed by atoms with Gasteiger partial charge in [-0.05, 0) is 25.8 Å². The summed E-state index contributed by atoms with van der Waals surface area (Å²) < 4.78 is 5.79. The van der Waals surface area contributed by atoms with Gasteiger partial charge in [0.25, 0.3) is 0 Å². The Hall–Kier alpha value is -0.940. The predicted octanol–water partition coefficient (Wildman–Crippen LogP) is 1.88. The van der Waals surface area contributed by atoms with E-state index < -0.39 is 6.10 Å². The van der Waals surface area contributed by atoms with E-state index >= 15 is 0 Å². The van der Waals surface area contributed by atoms with E-state index in [1.807, 2.05) is 44.2 Å². The van der Waals surface area contributed by atoms with Gasteiger partial charge < -0.3 is 20.3 Å². The average Bonchev–Trinajstić information content (AvgIpc) is 2.47. The number of β-amino-alcohol motifs (C(OH)–C–C–N with tert-alkyl or cyclic N) is 1. The van der Waals surface area contributed by atoms with Crippen LogP contribution >= 0.6 is 0 Å². The number of hydrogen-bond donors (Lipinski definition) is 3. The van der Waals surface area contributed by atoms with Gasteiger partial charge in [-0.15, -0.1) is 0 Å². The highest BCUT2D eigenvalue weighted by Gasteiger charge is 2.18. The molecular formula is C16H27NO3. The first-order chi connectivity index (χ1) is 9.48. The second kappa shape index (κ2) is 8.37. The molecule has 0 aliphatic heterocycles. The van der Waals surface area contributed by atoms with E-state index in [4.69, 9.17) is 9.84 Å². The summed E-state index contributed by atoms with van der Waals surface area (Å²) in [5.41, 5.74) is 0.746. The molecule has 0 aromatic heterocycles. The third-order valence-corrected chi connectivity index (χ3v) is 3.24. The highest BCUT2D eigenvalue weighted by atomic mass is 16.5. The van der Waals surface area contributed by atoms with Gasteiger partial charge >= 0.3 is 0 Å². The van der Waals surface area contributed by atoms with Crippen LogP contribution in [0.3, 0.4) is 0 Å². The van der Waals surface area contributed by atoms with E-state index in [0.29, 0.717) is 6.54 Å². The second-order valence-electron chi connectivity index (χ2n) is 5.72. The van der Waals surface area contributed by atoms with Crippen LogP contribution in [0.25, 0.3) is 0 Å². The minimum absolute atomic E-state index is 0.0108. The molecule has 3 N–H and O–H groups in total. The minimum atomic E-state index is -0.585. The van der Waals surface area contributed by atoms with Crippen LogP contribution < -0.4 is 5.32 Å². The quantitative estimate of drug-likeness (QED) is 0.647. The van der Waals surface area contributed by atoms with Crippen molar-refractivity contribution < 1.29 is 14.9 Å². The third kappa shape index (κ3) is 6.01. The fourth-order valence-electron chi connectivity index (χ4n) is 1.85. The van der Waals surface area contributed by atoms with Crippen molar-refractivity contribution in [3.05, 3.63) is 35.9 Å². The maximum Gasteiger partial charge on any atom is 0.0898 e. The molecule has 0 spiro atoms. The molecule has 0 fully saturated rings. The fourth-order valence-corrected chi connectivity index (χ4v) is 1.85. The van der Waals surface area contributed by atoms with E-state index in [0.717, 1.165) is 12.0 Å². The second-order valence-corrected chi connectivity index (χ2v) is 5.72. The van der Waals surface area contributed by atoms with Gasteiger partial charge in [-0.1, -0.05) is 37.3 Å². The average molecular weight is 281 g/mol. The Morgan fingerprint density at radius 3 is 2.45 bits per heavy atom. The maximum atomic E-state index is 9.93. The lowest BCUT2D eigenvalue weighted by Crippen LogP contribution is -2.47. The largest absolute Gasteiger partial charge is 0.394 e. The van der Waals surface area contributed by atoms with E-state index in [1.165, 1.54) is 0 Å². The van der Waals surface area contributed by atoms with Gasteiger partial charge in [0.15, 0.2) is 0 Å². The number of nitrogens with one attached hydrogen (secondary N) is 1. The SMILES string of the molecule is CC[C@@H](OC[C@@H](O)CNC(C)(C)CO)c1ccccc1. The molecule has 0 heterocycles. The predicted molar refractivity (Wildman–Crippen MR) is 80.6 cm³/mol. The van der Waals surface area contributed by atoms with Crippen molar-refractivity contribution >= 4 is 0 Å². The number of aliphatic hydroxyl groups excluding tert-OH is 2. The zero-order valence-corrected chi connectivity index (χ0v) is 12.7. The summed E-state index contributed by atoms with van der Waals surface area (Å²) in [6.07, 6.45) is 0.294. The van der Waals surface area contributed by atoms with Gasteiger partial charge in [0.05, 0.1) is 25.4 Å². The van der Waals surface area contributed by atoms with Crippen LogP contribution in [0.5, 0.6) is 0 Å². The molecule has 4 heteroatoms. The minimum Gasteiger partial charge on any atom is -0.394 e. The van der Waals surface area contributed by atoms with Crippen molar-refractivity contribution in [3.63, 3.8) is 0 Å². The fraction of sp³-hybridized carbons (Fsp3) is 0.625. The molecule has 4 nitrogen and oxygen atoms in total. The van der Waals surface area contributed by atoms with Crippen LogP contribution in [0.4, 0.5) is 0 Å². The Kier molecular flexibility index (Phi) is 7.16. The first kappa shape index (κ1) is 17.1. The highest BCUT2D eigenvalue weighted by Crippen LogP contribution is 2.20. The number of ether oxygens (including phenoxy) is 1. The van der Waals surface area contributed by atoms with Crippen molar-refractivity contribution in [2.45, 2.75) is 44.9 Å². The van der Waals surface area contributed by atoms with Crippen LogP contribution in [-0.4, -0.2) is 41.6 Å². The van der Waals surface area contributed by atoms with Crippen molar-refractivity contribution in [1.82, 2.24) is 5.32 Å². The number of hydrogen-bond acceptors (Lipinski definition) is 4. The van der Waals surface area contributed by atoms with Gasteiger partial charge in [0.2, 0.25) is 0 Å². The van der Waals surface area contributed by atoms with Crippen LogP contribution in [0.1, 0.15) is 38.9 Å². The smallest absolute Gasteiger partial charge is 0.0898 e. The van der Waals surface area contributed by atoms with Crippen molar-refractivity contribution in [3.8, 4) is 0 Å². The molecule has 2 atom stereocenters. The Bertz CT molecular complexity index is 367. The zero-order chi connectivity index (χ0) is 15.0. The molecule has 1 rings (SSSR count). The van der Waals surface area contributed by atoms with Gasteiger partial charge in [0.1, 0.15) is 0 Å². The summed E-state index contributed by atoms with van der Waals surface area (Å²) >= 11 is 0. The standard InChI is InChI=1S/C16H27NO3/c1-4-15(13-8-6-5-7-9-13)20-11-14(19)10-17-16(2,3)12-18/h5-9,14-15,17-19H,4,10-12H2,1-3H3/t14-,15+/m0/s1. The van der Waals surface area contributed by atoms with Gasteiger partial charge in [0, 0.05) is 12.1 Å². The molecule has 0 amide bonds. The number of benzene rings is 1. The van der Waals surface area contributed by atoms with Gasteiger partial charge in [-0.2, -0.15) is 0 Å². The molecular weight excluding hydrogens is 254 g/mol.